The molecule has 0 N–H and O–H groups in total. The van der Waals surface area contributed by atoms with Crippen molar-refractivity contribution < 1.29 is 0 Å². The Balaban J connectivity index is 2.62. The summed E-state index contributed by atoms with van der Waals surface area (Å²) in [5.41, 5.74) is 6.35. The molecule has 0 fully saturated rings. The van der Waals surface area contributed by atoms with Crippen LogP contribution < -0.4 is 0 Å². The summed E-state index contributed by atoms with van der Waals surface area (Å²) in [5, 5.41) is 0.792. The molecule has 0 aromatic heterocycles. The van der Waals surface area contributed by atoms with Crippen LogP contribution in [0.3, 0.4) is 0 Å². The molecule has 0 saturated carbocycles. The average Bonchev–Trinajstić information content (AvgIpc) is 2.22. The van der Waals surface area contributed by atoms with Crippen molar-refractivity contribution in [2.24, 2.45) is 0 Å². The number of aryl methyl sites for hydroxylation is 3. The van der Waals surface area contributed by atoms with E-state index in [-0.39, 0.29) is 0 Å². The average molecular weight is 231 g/mol. The normalized spacial score (nSPS) is 10.5. The van der Waals surface area contributed by atoms with Gasteiger partial charge in [-0.05, 0) is 55.2 Å². The zero-order valence-corrected chi connectivity index (χ0v) is 10.6. The summed E-state index contributed by atoms with van der Waals surface area (Å²) in [6, 6.07) is 12.6. The van der Waals surface area contributed by atoms with Gasteiger partial charge in [-0.2, -0.15) is 0 Å². The molecule has 0 nitrogen and oxygen atoms in total. The van der Waals surface area contributed by atoms with E-state index in [1.807, 2.05) is 12.1 Å². The number of benzene rings is 2. The van der Waals surface area contributed by atoms with Gasteiger partial charge in [-0.25, -0.2) is 0 Å². The van der Waals surface area contributed by atoms with Gasteiger partial charge in [0.15, 0.2) is 0 Å². The molecule has 0 aliphatic rings. The second-order valence-corrected chi connectivity index (χ2v) is 4.71. The Morgan fingerprint density at radius 3 is 2.19 bits per heavy atom. The molecule has 0 heterocycles. The molecule has 16 heavy (non-hydrogen) atoms. The third-order valence-electron chi connectivity index (χ3n) is 2.87. The molecule has 2 aromatic carbocycles. The van der Waals surface area contributed by atoms with Crippen LogP contribution in [-0.4, -0.2) is 0 Å². The quantitative estimate of drug-likeness (QED) is 0.652. The summed E-state index contributed by atoms with van der Waals surface area (Å²) in [4.78, 5) is 0. The fraction of sp³-hybridized carbons (Fsp3) is 0.200. The maximum atomic E-state index is 6.05. The van der Waals surface area contributed by atoms with Gasteiger partial charge in [0.2, 0.25) is 0 Å². The van der Waals surface area contributed by atoms with Crippen LogP contribution in [0.5, 0.6) is 0 Å². The molecule has 0 spiro atoms. The molecule has 0 radical (unpaired) electrons. The largest absolute Gasteiger partial charge is 0.0843 e. The molecule has 0 bridgehead atoms. The van der Waals surface area contributed by atoms with Crippen molar-refractivity contribution in [1.82, 2.24) is 0 Å². The topological polar surface area (TPSA) is 0 Å². The molecule has 0 unspecified atom stereocenters. The van der Waals surface area contributed by atoms with Gasteiger partial charge < -0.3 is 0 Å². The predicted molar refractivity (Wildman–Crippen MR) is 71.1 cm³/mol. The van der Waals surface area contributed by atoms with Gasteiger partial charge in [0, 0.05) is 5.02 Å². The molecule has 0 atom stereocenters. The Bertz CT molecular complexity index is 527. The van der Waals surface area contributed by atoms with Crippen molar-refractivity contribution >= 4 is 11.6 Å². The van der Waals surface area contributed by atoms with E-state index >= 15 is 0 Å². The third-order valence-corrected chi connectivity index (χ3v) is 3.11. The van der Waals surface area contributed by atoms with Crippen LogP contribution in [0.4, 0.5) is 0 Å². The van der Waals surface area contributed by atoms with E-state index in [9.17, 15) is 0 Å². The first-order valence-electron chi connectivity index (χ1n) is 5.42. The fourth-order valence-electron chi connectivity index (χ4n) is 2.00. The summed E-state index contributed by atoms with van der Waals surface area (Å²) in [6.45, 7) is 6.37. The smallest absolute Gasteiger partial charge is 0.0412 e. The predicted octanol–water partition coefficient (Wildman–Crippen LogP) is 4.93. The van der Waals surface area contributed by atoms with E-state index in [1.165, 1.54) is 27.8 Å². The molecule has 0 aliphatic carbocycles. The minimum absolute atomic E-state index is 0.792. The molecule has 0 aliphatic heterocycles. The van der Waals surface area contributed by atoms with E-state index in [0.29, 0.717) is 0 Å². The lowest BCUT2D eigenvalue weighted by molar-refractivity contribution is 1.36. The summed E-state index contributed by atoms with van der Waals surface area (Å²) < 4.78 is 0. The van der Waals surface area contributed by atoms with Crippen LogP contribution in [0, 0.1) is 20.8 Å². The molecule has 2 aromatic rings. The van der Waals surface area contributed by atoms with E-state index < -0.39 is 0 Å². The van der Waals surface area contributed by atoms with Crippen molar-refractivity contribution in [2.45, 2.75) is 20.8 Å². The monoisotopic (exact) mass is 230 g/mol. The van der Waals surface area contributed by atoms with Gasteiger partial charge in [0.1, 0.15) is 0 Å². The fourth-order valence-corrected chi connectivity index (χ4v) is 2.17. The Morgan fingerprint density at radius 2 is 1.50 bits per heavy atom. The van der Waals surface area contributed by atoms with Gasteiger partial charge in [-0.15, -0.1) is 0 Å². The Hall–Kier alpha value is -1.27. The molecular weight excluding hydrogens is 216 g/mol. The number of hydrogen-bond donors (Lipinski definition) is 0. The van der Waals surface area contributed by atoms with Gasteiger partial charge in [0.25, 0.3) is 0 Å². The molecule has 1 heteroatoms. The van der Waals surface area contributed by atoms with Crippen LogP contribution in [0.2, 0.25) is 5.02 Å². The zero-order chi connectivity index (χ0) is 11.7. The number of halogens is 1. The maximum absolute atomic E-state index is 6.05. The first-order valence-corrected chi connectivity index (χ1v) is 5.79. The summed E-state index contributed by atoms with van der Waals surface area (Å²) in [7, 11) is 0. The highest BCUT2D eigenvalue weighted by Crippen LogP contribution is 2.29. The van der Waals surface area contributed by atoms with Crippen LogP contribution in [0.25, 0.3) is 11.1 Å². The molecular formula is C15H15Cl. The highest BCUT2D eigenvalue weighted by Gasteiger charge is 2.05. The van der Waals surface area contributed by atoms with Crippen LogP contribution >= 0.6 is 11.6 Å². The molecule has 82 valence electrons. The lowest BCUT2D eigenvalue weighted by Gasteiger charge is -2.10. The highest BCUT2D eigenvalue weighted by molar-refractivity contribution is 6.30. The van der Waals surface area contributed by atoms with Crippen molar-refractivity contribution in [2.75, 3.05) is 0 Å². The Morgan fingerprint density at radius 1 is 0.750 bits per heavy atom. The summed E-state index contributed by atoms with van der Waals surface area (Å²) >= 11 is 6.05. The lowest BCUT2D eigenvalue weighted by Crippen LogP contribution is -1.88. The van der Waals surface area contributed by atoms with E-state index in [2.05, 4.69) is 45.0 Å². The third kappa shape index (κ3) is 2.12. The molecule has 0 saturated heterocycles. The van der Waals surface area contributed by atoms with E-state index in [1.54, 1.807) is 0 Å². The van der Waals surface area contributed by atoms with Gasteiger partial charge in [-0.1, -0.05) is 41.4 Å². The second-order valence-electron chi connectivity index (χ2n) is 4.28. The van der Waals surface area contributed by atoms with Crippen molar-refractivity contribution in [1.29, 1.82) is 0 Å². The second kappa shape index (κ2) is 4.31. The highest BCUT2D eigenvalue weighted by atomic mass is 35.5. The van der Waals surface area contributed by atoms with E-state index in [0.717, 1.165) is 5.02 Å². The molecule has 2 rings (SSSR count). The van der Waals surface area contributed by atoms with Gasteiger partial charge >= 0.3 is 0 Å². The van der Waals surface area contributed by atoms with Crippen molar-refractivity contribution in [3.63, 3.8) is 0 Å². The summed E-state index contributed by atoms with van der Waals surface area (Å²) in [6.07, 6.45) is 0. The number of hydrogen-bond acceptors (Lipinski definition) is 0. The van der Waals surface area contributed by atoms with Crippen LogP contribution in [0.1, 0.15) is 16.7 Å². The summed E-state index contributed by atoms with van der Waals surface area (Å²) in [5.74, 6) is 0. The minimum atomic E-state index is 0.792. The van der Waals surface area contributed by atoms with Gasteiger partial charge in [-0.3, -0.25) is 0 Å². The first-order chi connectivity index (χ1) is 7.58. The van der Waals surface area contributed by atoms with Crippen molar-refractivity contribution in [3.05, 3.63) is 58.1 Å². The Labute approximate surface area is 102 Å². The van der Waals surface area contributed by atoms with Crippen LogP contribution in [-0.2, 0) is 0 Å². The first kappa shape index (κ1) is 11.2. The van der Waals surface area contributed by atoms with E-state index in [4.69, 9.17) is 11.6 Å². The minimum Gasteiger partial charge on any atom is -0.0843 e. The number of rotatable bonds is 1. The SMILES string of the molecule is Cc1ccc(-c2cc(Cl)ccc2C)c(C)c1. The van der Waals surface area contributed by atoms with Gasteiger partial charge in [0.05, 0.1) is 0 Å². The molecule has 0 amide bonds. The Kier molecular flexibility index (Phi) is 3.02. The lowest BCUT2D eigenvalue weighted by atomic mass is 9.95. The van der Waals surface area contributed by atoms with Crippen LogP contribution in [0.15, 0.2) is 36.4 Å². The zero-order valence-electron chi connectivity index (χ0n) is 9.84. The van der Waals surface area contributed by atoms with Crippen molar-refractivity contribution in [3.8, 4) is 11.1 Å². The standard InChI is InChI=1S/C15H15Cl/c1-10-4-7-14(12(3)8-10)15-9-13(16)6-5-11(15)2/h4-9H,1-3H3. The maximum Gasteiger partial charge on any atom is 0.0412 e.